The van der Waals surface area contributed by atoms with Crippen molar-refractivity contribution in [3.63, 3.8) is 0 Å². The minimum absolute atomic E-state index is 0.236. The second kappa shape index (κ2) is 6.77. The van der Waals surface area contributed by atoms with Gasteiger partial charge in [0.25, 0.3) is 0 Å². The predicted molar refractivity (Wildman–Crippen MR) is 73.8 cm³/mol. The van der Waals surface area contributed by atoms with Crippen LogP contribution < -0.4 is 14.2 Å². The van der Waals surface area contributed by atoms with E-state index in [1.54, 1.807) is 12.1 Å². The molecule has 2 N–H and O–H groups in total. The fourth-order valence-electron chi connectivity index (χ4n) is 1.58. The molecule has 0 amide bonds. The quantitative estimate of drug-likeness (QED) is 0.757. The fourth-order valence-corrected chi connectivity index (χ4v) is 2.04. The Morgan fingerprint density at radius 3 is 2.53 bits per heavy atom. The van der Waals surface area contributed by atoms with Gasteiger partial charge in [-0.05, 0) is 31.5 Å². The van der Waals surface area contributed by atoms with Crippen molar-refractivity contribution >= 4 is 10.1 Å². The van der Waals surface area contributed by atoms with Gasteiger partial charge in [0.2, 0.25) is 0 Å². The van der Waals surface area contributed by atoms with E-state index in [1.807, 2.05) is 6.07 Å². The van der Waals surface area contributed by atoms with Crippen LogP contribution in [-0.2, 0) is 16.7 Å². The van der Waals surface area contributed by atoms with Crippen molar-refractivity contribution in [1.29, 1.82) is 0 Å². The highest BCUT2D eigenvalue weighted by molar-refractivity contribution is 7.86. The second-order valence-corrected chi connectivity index (χ2v) is 6.17. The Kier molecular flexibility index (Phi) is 5.62. The Morgan fingerprint density at radius 2 is 2.00 bits per heavy atom. The first-order chi connectivity index (χ1) is 8.85. The van der Waals surface area contributed by atoms with Gasteiger partial charge in [0, 0.05) is 5.56 Å². The van der Waals surface area contributed by atoms with Gasteiger partial charge in [-0.1, -0.05) is 6.92 Å². The van der Waals surface area contributed by atoms with Crippen molar-refractivity contribution < 1.29 is 22.7 Å². The average Bonchev–Trinajstić information content (AvgIpc) is 2.34. The van der Waals surface area contributed by atoms with Crippen LogP contribution in [0.1, 0.15) is 25.8 Å². The SMILES string of the molecule is CC[C@H](C)[NH2+]Cc1ccc(OC)c(OS(C)(=O)=O)c1. The van der Waals surface area contributed by atoms with Crippen molar-refractivity contribution in [3.8, 4) is 11.5 Å². The smallest absolute Gasteiger partial charge is 0.306 e. The molecule has 0 unspecified atom stereocenters. The molecular formula is C13H22NO4S+. The maximum absolute atomic E-state index is 11.2. The van der Waals surface area contributed by atoms with Crippen LogP contribution in [0, 0.1) is 0 Å². The summed E-state index contributed by atoms with van der Waals surface area (Å²) in [5.41, 5.74) is 1.000. The molecule has 0 aromatic heterocycles. The van der Waals surface area contributed by atoms with Gasteiger partial charge in [-0.2, -0.15) is 8.42 Å². The van der Waals surface area contributed by atoms with Gasteiger partial charge in [0.15, 0.2) is 11.5 Å². The maximum Gasteiger partial charge on any atom is 0.306 e. The molecule has 0 radical (unpaired) electrons. The molecule has 1 atom stereocenters. The molecule has 0 aliphatic heterocycles. The van der Waals surface area contributed by atoms with E-state index in [4.69, 9.17) is 8.92 Å². The van der Waals surface area contributed by atoms with Crippen molar-refractivity contribution in [3.05, 3.63) is 23.8 Å². The van der Waals surface area contributed by atoms with Crippen LogP contribution in [0.5, 0.6) is 11.5 Å². The largest absolute Gasteiger partial charge is 0.493 e. The van der Waals surface area contributed by atoms with Crippen LogP contribution in [0.3, 0.4) is 0 Å². The first-order valence-electron chi connectivity index (χ1n) is 6.25. The highest BCUT2D eigenvalue weighted by Crippen LogP contribution is 2.28. The zero-order valence-electron chi connectivity index (χ0n) is 11.8. The number of hydrogen-bond donors (Lipinski definition) is 1. The van der Waals surface area contributed by atoms with Crippen LogP contribution in [0.15, 0.2) is 18.2 Å². The molecule has 0 aliphatic carbocycles. The minimum atomic E-state index is -3.55. The van der Waals surface area contributed by atoms with Gasteiger partial charge in [-0.3, -0.25) is 0 Å². The number of benzene rings is 1. The summed E-state index contributed by atoms with van der Waals surface area (Å²) in [5, 5.41) is 2.20. The van der Waals surface area contributed by atoms with E-state index < -0.39 is 10.1 Å². The Labute approximate surface area is 115 Å². The predicted octanol–water partition coefficient (Wildman–Crippen LogP) is 0.895. The molecule has 0 fully saturated rings. The van der Waals surface area contributed by atoms with Gasteiger partial charge in [-0.25, -0.2) is 0 Å². The first-order valence-corrected chi connectivity index (χ1v) is 8.07. The summed E-state index contributed by atoms with van der Waals surface area (Å²) in [7, 11) is -2.07. The van der Waals surface area contributed by atoms with Gasteiger partial charge in [-0.15, -0.1) is 0 Å². The summed E-state index contributed by atoms with van der Waals surface area (Å²) in [5.74, 6) is 0.651. The molecule has 0 bridgehead atoms. The number of quaternary nitrogens is 1. The van der Waals surface area contributed by atoms with Crippen molar-refractivity contribution in [1.82, 2.24) is 0 Å². The minimum Gasteiger partial charge on any atom is -0.493 e. The molecule has 108 valence electrons. The van der Waals surface area contributed by atoms with E-state index in [0.29, 0.717) is 11.8 Å². The Morgan fingerprint density at radius 1 is 1.32 bits per heavy atom. The number of rotatable bonds is 7. The summed E-state index contributed by atoms with van der Waals surface area (Å²) in [6, 6.07) is 5.87. The summed E-state index contributed by atoms with van der Waals surface area (Å²) in [6.45, 7) is 5.06. The van der Waals surface area contributed by atoms with Crippen LogP contribution in [-0.4, -0.2) is 27.8 Å². The summed E-state index contributed by atoms with van der Waals surface area (Å²) in [4.78, 5) is 0. The monoisotopic (exact) mass is 288 g/mol. The summed E-state index contributed by atoms with van der Waals surface area (Å²) in [6.07, 6.45) is 2.10. The average molecular weight is 288 g/mol. The zero-order chi connectivity index (χ0) is 14.5. The summed E-state index contributed by atoms with van der Waals surface area (Å²) < 4.78 is 32.4. The molecule has 0 saturated carbocycles. The highest BCUT2D eigenvalue weighted by atomic mass is 32.2. The molecule has 19 heavy (non-hydrogen) atoms. The van der Waals surface area contributed by atoms with Crippen molar-refractivity contribution in [2.24, 2.45) is 0 Å². The van der Waals surface area contributed by atoms with E-state index in [1.165, 1.54) is 7.11 Å². The zero-order valence-corrected chi connectivity index (χ0v) is 12.7. The van der Waals surface area contributed by atoms with Crippen LogP contribution >= 0.6 is 0 Å². The van der Waals surface area contributed by atoms with E-state index in [0.717, 1.165) is 24.8 Å². The molecule has 6 heteroatoms. The molecule has 1 aromatic rings. The lowest BCUT2D eigenvalue weighted by Crippen LogP contribution is -2.87. The van der Waals surface area contributed by atoms with Gasteiger partial charge < -0.3 is 14.2 Å². The number of nitrogens with two attached hydrogens (primary N) is 1. The van der Waals surface area contributed by atoms with Gasteiger partial charge in [0.05, 0.1) is 19.4 Å². The maximum atomic E-state index is 11.2. The normalized spacial score (nSPS) is 13.1. The molecule has 5 nitrogen and oxygen atoms in total. The lowest BCUT2D eigenvalue weighted by atomic mass is 10.2. The molecule has 0 heterocycles. The Bertz CT molecular complexity index is 513. The third kappa shape index (κ3) is 5.48. The molecule has 0 spiro atoms. The standard InChI is InChI=1S/C13H21NO4S/c1-5-10(2)14-9-11-6-7-12(17-3)13(8-11)18-19(4,15)16/h6-8,10,14H,5,9H2,1-4H3/p+1/t10-/m0/s1. The highest BCUT2D eigenvalue weighted by Gasteiger charge is 2.12. The molecule has 1 rings (SSSR count). The topological polar surface area (TPSA) is 69.2 Å². The van der Waals surface area contributed by atoms with Crippen molar-refractivity contribution in [2.75, 3.05) is 13.4 Å². The summed E-state index contributed by atoms with van der Waals surface area (Å²) >= 11 is 0. The lowest BCUT2D eigenvalue weighted by molar-refractivity contribution is -0.701. The van der Waals surface area contributed by atoms with E-state index >= 15 is 0 Å². The first kappa shape index (κ1) is 15.8. The van der Waals surface area contributed by atoms with E-state index in [-0.39, 0.29) is 5.75 Å². The van der Waals surface area contributed by atoms with E-state index in [2.05, 4.69) is 19.2 Å². The molecular weight excluding hydrogens is 266 g/mol. The van der Waals surface area contributed by atoms with Crippen LogP contribution in [0.2, 0.25) is 0 Å². The van der Waals surface area contributed by atoms with Gasteiger partial charge in [0.1, 0.15) is 6.54 Å². The third-order valence-electron chi connectivity index (χ3n) is 2.87. The van der Waals surface area contributed by atoms with Crippen LogP contribution in [0.4, 0.5) is 0 Å². The third-order valence-corrected chi connectivity index (χ3v) is 3.35. The van der Waals surface area contributed by atoms with Gasteiger partial charge >= 0.3 is 10.1 Å². The lowest BCUT2D eigenvalue weighted by Gasteiger charge is -2.11. The Hall–Kier alpha value is -1.27. The number of hydrogen-bond acceptors (Lipinski definition) is 4. The second-order valence-electron chi connectivity index (χ2n) is 4.60. The van der Waals surface area contributed by atoms with E-state index in [9.17, 15) is 8.42 Å². The Balaban J connectivity index is 2.89. The molecule has 0 aliphatic rings. The number of methoxy groups -OCH3 is 1. The van der Waals surface area contributed by atoms with Crippen molar-refractivity contribution in [2.45, 2.75) is 32.9 Å². The van der Waals surface area contributed by atoms with Crippen LogP contribution in [0.25, 0.3) is 0 Å². The number of ether oxygens (including phenoxy) is 1. The molecule has 0 saturated heterocycles. The molecule has 1 aromatic carbocycles. The fraction of sp³-hybridized carbons (Fsp3) is 0.538.